The second-order valence-electron chi connectivity index (χ2n) is 2.28. The van der Waals surface area contributed by atoms with Crippen LogP contribution in [0.1, 0.15) is 6.92 Å². The van der Waals surface area contributed by atoms with E-state index in [9.17, 15) is 9.59 Å². The van der Waals surface area contributed by atoms with Gasteiger partial charge in [0.15, 0.2) is 0 Å². The molecule has 0 aliphatic heterocycles. The Bertz CT molecular complexity index is 302. The van der Waals surface area contributed by atoms with E-state index in [-0.39, 0.29) is 5.97 Å². The SMILES string of the molecule is CC(=O)Oc1ccc(OC=O)cc1. The van der Waals surface area contributed by atoms with E-state index in [2.05, 4.69) is 4.74 Å². The Morgan fingerprint density at radius 2 is 1.77 bits per heavy atom. The Balaban J connectivity index is 2.69. The van der Waals surface area contributed by atoms with Crippen LogP contribution in [0, 0.1) is 0 Å². The summed E-state index contributed by atoms with van der Waals surface area (Å²) in [5.74, 6) is 0.445. The fraction of sp³-hybridized carbons (Fsp3) is 0.111. The van der Waals surface area contributed by atoms with Gasteiger partial charge in [0.25, 0.3) is 6.47 Å². The van der Waals surface area contributed by atoms with Crippen LogP contribution in [0.2, 0.25) is 0 Å². The second-order valence-corrected chi connectivity index (χ2v) is 2.28. The molecule has 0 atom stereocenters. The van der Waals surface area contributed by atoms with Crippen molar-refractivity contribution in [2.75, 3.05) is 0 Å². The lowest BCUT2D eigenvalue weighted by Crippen LogP contribution is -2.00. The Morgan fingerprint density at radius 1 is 1.23 bits per heavy atom. The Hall–Kier alpha value is -1.84. The zero-order valence-electron chi connectivity index (χ0n) is 7.02. The monoisotopic (exact) mass is 180 g/mol. The minimum atomic E-state index is -0.385. The van der Waals surface area contributed by atoms with Crippen LogP contribution in [0.5, 0.6) is 11.5 Å². The summed E-state index contributed by atoms with van der Waals surface area (Å²) in [6.07, 6.45) is 0. The molecule has 13 heavy (non-hydrogen) atoms. The summed E-state index contributed by atoms with van der Waals surface area (Å²) in [6, 6.07) is 6.15. The molecule has 0 saturated carbocycles. The molecule has 0 spiro atoms. The minimum Gasteiger partial charge on any atom is -0.429 e. The van der Waals surface area contributed by atoms with E-state index in [1.165, 1.54) is 19.1 Å². The lowest BCUT2D eigenvalue weighted by atomic mass is 10.3. The number of carbonyl (C=O) groups is 2. The van der Waals surface area contributed by atoms with Crippen LogP contribution >= 0.6 is 0 Å². The van der Waals surface area contributed by atoms with Crippen molar-refractivity contribution in [2.45, 2.75) is 6.92 Å². The van der Waals surface area contributed by atoms with Gasteiger partial charge >= 0.3 is 5.97 Å². The van der Waals surface area contributed by atoms with E-state index >= 15 is 0 Å². The average molecular weight is 180 g/mol. The molecular weight excluding hydrogens is 172 g/mol. The lowest BCUT2D eigenvalue weighted by Gasteiger charge is -2.01. The van der Waals surface area contributed by atoms with E-state index in [0.29, 0.717) is 18.0 Å². The van der Waals surface area contributed by atoms with E-state index < -0.39 is 0 Å². The molecule has 0 aliphatic rings. The maximum absolute atomic E-state index is 10.5. The van der Waals surface area contributed by atoms with Crippen LogP contribution in [0.4, 0.5) is 0 Å². The maximum Gasteiger partial charge on any atom is 0.308 e. The number of hydrogen-bond donors (Lipinski definition) is 0. The summed E-state index contributed by atoms with van der Waals surface area (Å²) in [6.45, 7) is 1.65. The highest BCUT2D eigenvalue weighted by molar-refractivity contribution is 5.69. The number of ether oxygens (including phenoxy) is 2. The topological polar surface area (TPSA) is 52.6 Å². The average Bonchev–Trinajstić information content (AvgIpc) is 2.08. The van der Waals surface area contributed by atoms with Gasteiger partial charge < -0.3 is 9.47 Å². The van der Waals surface area contributed by atoms with Crippen LogP contribution < -0.4 is 9.47 Å². The third kappa shape index (κ3) is 2.94. The highest BCUT2D eigenvalue weighted by Gasteiger charge is 1.97. The van der Waals surface area contributed by atoms with Gasteiger partial charge in [0, 0.05) is 6.92 Å². The molecule has 0 unspecified atom stereocenters. The number of carbonyl (C=O) groups excluding carboxylic acids is 2. The predicted octanol–water partition coefficient (Wildman–Crippen LogP) is 1.15. The number of benzene rings is 1. The maximum atomic E-state index is 10.5. The van der Waals surface area contributed by atoms with Gasteiger partial charge in [-0.25, -0.2) is 0 Å². The second kappa shape index (κ2) is 4.25. The number of esters is 1. The van der Waals surface area contributed by atoms with Gasteiger partial charge in [-0.2, -0.15) is 0 Å². The van der Waals surface area contributed by atoms with Gasteiger partial charge in [-0.05, 0) is 24.3 Å². The Morgan fingerprint density at radius 3 is 2.23 bits per heavy atom. The van der Waals surface area contributed by atoms with Gasteiger partial charge in [-0.1, -0.05) is 0 Å². The van der Waals surface area contributed by atoms with Gasteiger partial charge in [0.05, 0.1) is 0 Å². The summed E-state index contributed by atoms with van der Waals surface area (Å²) in [7, 11) is 0. The molecule has 0 heterocycles. The number of rotatable bonds is 3. The smallest absolute Gasteiger partial charge is 0.308 e. The molecule has 4 nitrogen and oxygen atoms in total. The van der Waals surface area contributed by atoms with Gasteiger partial charge in [-0.3, -0.25) is 9.59 Å². The van der Waals surface area contributed by atoms with E-state index in [4.69, 9.17) is 4.74 Å². The minimum absolute atomic E-state index is 0.334. The fourth-order valence-electron chi connectivity index (χ4n) is 0.808. The molecule has 0 amide bonds. The van der Waals surface area contributed by atoms with Crippen molar-refractivity contribution < 1.29 is 19.1 Å². The van der Waals surface area contributed by atoms with Crippen LogP contribution in [0.25, 0.3) is 0 Å². The quantitative estimate of drug-likeness (QED) is 0.397. The van der Waals surface area contributed by atoms with Crippen LogP contribution in [0.15, 0.2) is 24.3 Å². The van der Waals surface area contributed by atoms with Crippen molar-refractivity contribution in [1.82, 2.24) is 0 Å². The van der Waals surface area contributed by atoms with Gasteiger partial charge in [0.1, 0.15) is 11.5 Å². The van der Waals surface area contributed by atoms with Crippen molar-refractivity contribution in [3.8, 4) is 11.5 Å². The summed E-state index contributed by atoms with van der Waals surface area (Å²) >= 11 is 0. The highest BCUT2D eigenvalue weighted by atomic mass is 16.5. The molecule has 4 heteroatoms. The molecule has 0 fully saturated rings. The van der Waals surface area contributed by atoms with Gasteiger partial charge in [-0.15, -0.1) is 0 Å². The molecule has 0 saturated heterocycles. The van der Waals surface area contributed by atoms with Crippen LogP contribution in [-0.4, -0.2) is 12.4 Å². The van der Waals surface area contributed by atoms with Crippen molar-refractivity contribution in [1.29, 1.82) is 0 Å². The standard InChI is InChI=1S/C9H8O4/c1-7(11)13-9-4-2-8(3-5-9)12-6-10/h2-6H,1H3. The largest absolute Gasteiger partial charge is 0.429 e. The first kappa shape index (κ1) is 9.25. The molecule has 0 aliphatic carbocycles. The summed E-state index contributed by atoms with van der Waals surface area (Å²) in [4.78, 5) is 20.4. The lowest BCUT2D eigenvalue weighted by molar-refractivity contribution is -0.132. The third-order valence-electron chi connectivity index (χ3n) is 1.27. The molecule has 0 aromatic heterocycles. The molecule has 1 rings (SSSR count). The molecule has 68 valence electrons. The zero-order valence-corrected chi connectivity index (χ0v) is 7.02. The Kier molecular flexibility index (Phi) is 3.03. The van der Waals surface area contributed by atoms with Crippen molar-refractivity contribution >= 4 is 12.4 Å². The molecule has 1 aromatic rings. The fourth-order valence-corrected chi connectivity index (χ4v) is 0.808. The zero-order chi connectivity index (χ0) is 9.68. The predicted molar refractivity (Wildman–Crippen MR) is 44.4 cm³/mol. The first-order chi connectivity index (χ1) is 6.22. The molecule has 0 radical (unpaired) electrons. The Labute approximate surface area is 75.1 Å². The van der Waals surface area contributed by atoms with E-state index in [1.807, 2.05) is 0 Å². The molecule has 1 aromatic carbocycles. The van der Waals surface area contributed by atoms with Crippen LogP contribution in [-0.2, 0) is 9.59 Å². The normalized spacial score (nSPS) is 9.00. The summed E-state index contributed by atoms with van der Waals surface area (Å²) < 4.78 is 9.31. The molecule has 0 bridgehead atoms. The van der Waals surface area contributed by atoms with Crippen molar-refractivity contribution in [2.24, 2.45) is 0 Å². The van der Waals surface area contributed by atoms with Crippen molar-refractivity contribution in [3.05, 3.63) is 24.3 Å². The van der Waals surface area contributed by atoms with Crippen LogP contribution in [0.3, 0.4) is 0 Å². The first-order valence-electron chi connectivity index (χ1n) is 3.61. The third-order valence-corrected chi connectivity index (χ3v) is 1.27. The number of hydrogen-bond acceptors (Lipinski definition) is 4. The highest BCUT2D eigenvalue weighted by Crippen LogP contribution is 2.16. The molecule has 0 N–H and O–H groups in total. The molecular formula is C9H8O4. The van der Waals surface area contributed by atoms with Gasteiger partial charge in [0.2, 0.25) is 0 Å². The summed E-state index contributed by atoms with van der Waals surface area (Å²) in [5.41, 5.74) is 0. The van der Waals surface area contributed by atoms with Crippen molar-refractivity contribution in [3.63, 3.8) is 0 Å². The van der Waals surface area contributed by atoms with E-state index in [0.717, 1.165) is 0 Å². The van der Waals surface area contributed by atoms with E-state index in [1.54, 1.807) is 12.1 Å². The first-order valence-corrected chi connectivity index (χ1v) is 3.61. The summed E-state index contributed by atoms with van der Waals surface area (Å²) in [5, 5.41) is 0.